The van der Waals surface area contributed by atoms with Gasteiger partial charge in [-0.15, -0.1) is 0 Å². The van der Waals surface area contributed by atoms with Crippen LogP contribution in [0.15, 0.2) is 22.7 Å². The Morgan fingerprint density at radius 3 is 2.35 bits per heavy atom. The molecule has 0 radical (unpaired) electrons. The minimum absolute atomic E-state index is 0.148. The molecule has 0 spiro atoms. The Hall–Kier alpha value is -1.73. The highest BCUT2D eigenvalue weighted by Crippen LogP contribution is 2.27. The molecule has 0 bridgehead atoms. The summed E-state index contributed by atoms with van der Waals surface area (Å²) in [4.78, 5) is 43.0. The van der Waals surface area contributed by atoms with Crippen LogP contribution in [0.1, 0.15) is 46.4 Å². The minimum atomic E-state index is -0.385. The molecular weight excluding hydrogens is 398 g/mol. The van der Waals surface area contributed by atoms with Crippen LogP contribution in [0.25, 0.3) is 0 Å². The average molecular weight is 420 g/mol. The van der Waals surface area contributed by atoms with Crippen LogP contribution in [0, 0.1) is 0 Å². The molecule has 2 aliphatic heterocycles. The van der Waals surface area contributed by atoms with Crippen molar-refractivity contribution in [1.29, 1.82) is 0 Å². The Bertz CT molecular complexity index is 752. The number of nitrogens with zero attached hydrogens (tertiary/aromatic N) is 3. The lowest BCUT2D eigenvalue weighted by atomic mass is 10.1. The molecule has 3 aliphatic rings. The molecule has 26 heavy (non-hydrogen) atoms. The van der Waals surface area contributed by atoms with E-state index in [9.17, 15) is 14.4 Å². The van der Waals surface area contributed by atoms with Gasteiger partial charge in [-0.25, -0.2) is 0 Å². The van der Waals surface area contributed by atoms with E-state index < -0.39 is 0 Å². The van der Waals surface area contributed by atoms with E-state index in [0.29, 0.717) is 30.3 Å². The molecular formula is C19H22BrN3O3. The standard InChI is InChI=1S/C19H22BrN3O3/c20-13-5-6-15-16(11-13)19(26)23(18(15)25)12-17(24)22-9-7-21(8-10-22)14-3-1-2-4-14/h5-6,11,14H,1-4,7-10,12H2. The summed E-state index contributed by atoms with van der Waals surface area (Å²) < 4.78 is 0.744. The zero-order chi connectivity index (χ0) is 18.3. The van der Waals surface area contributed by atoms with Crippen LogP contribution in [0.3, 0.4) is 0 Å². The molecule has 138 valence electrons. The highest BCUT2D eigenvalue weighted by atomic mass is 79.9. The summed E-state index contributed by atoms with van der Waals surface area (Å²) in [5.74, 6) is -0.913. The molecule has 1 saturated carbocycles. The van der Waals surface area contributed by atoms with Gasteiger partial charge in [0.15, 0.2) is 0 Å². The number of benzene rings is 1. The topological polar surface area (TPSA) is 60.9 Å². The third kappa shape index (κ3) is 3.18. The van der Waals surface area contributed by atoms with Crippen molar-refractivity contribution in [2.24, 2.45) is 0 Å². The number of fused-ring (bicyclic) bond motifs is 1. The number of carbonyl (C=O) groups is 3. The number of amides is 3. The van der Waals surface area contributed by atoms with Gasteiger partial charge < -0.3 is 4.90 Å². The number of hydrogen-bond acceptors (Lipinski definition) is 4. The highest BCUT2D eigenvalue weighted by molar-refractivity contribution is 9.10. The van der Waals surface area contributed by atoms with Crippen molar-refractivity contribution < 1.29 is 14.4 Å². The zero-order valence-corrected chi connectivity index (χ0v) is 16.2. The first-order valence-electron chi connectivity index (χ1n) is 9.22. The van der Waals surface area contributed by atoms with E-state index in [1.807, 2.05) is 0 Å². The summed E-state index contributed by atoms with van der Waals surface area (Å²) >= 11 is 3.32. The molecule has 1 aromatic carbocycles. The second-order valence-electron chi connectivity index (χ2n) is 7.24. The van der Waals surface area contributed by atoms with Gasteiger partial charge in [0.1, 0.15) is 6.54 Å². The normalized spacial score (nSPS) is 21.6. The van der Waals surface area contributed by atoms with Gasteiger partial charge in [-0.3, -0.25) is 24.2 Å². The molecule has 7 heteroatoms. The third-order valence-corrected chi connectivity index (χ3v) is 6.23. The van der Waals surface area contributed by atoms with Crippen LogP contribution in [-0.2, 0) is 4.79 Å². The molecule has 0 unspecified atom stereocenters. The Morgan fingerprint density at radius 2 is 1.65 bits per heavy atom. The maximum atomic E-state index is 12.6. The molecule has 1 aromatic rings. The van der Waals surface area contributed by atoms with Gasteiger partial charge in [0.25, 0.3) is 11.8 Å². The molecule has 0 N–H and O–H groups in total. The van der Waals surface area contributed by atoms with Crippen LogP contribution in [0.4, 0.5) is 0 Å². The molecule has 2 fully saturated rings. The maximum absolute atomic E-state index is 12.6. The number of rotatable bonds is 3. The fourth-order valence-corrected chi connectivity index (χ4v) is 4.61. The quantitative estimate of drug-likeness (QED) is 0.704. The summed E-state index contributed by atoms with van der Waals surface area (Å²) in [6.45, 7) is 2.93. The van der Waals surface area contributed by atoms with Crippen molar-refractivity contribution in [2.75, 3.05) is 32.7 Å². The van der Waals surface area contributed by atoms with Crippen LogP contribution < -0.4 is 0 Å². The second-order valence-corrected chi connectivity index (χ2v) is 8.16. The minimum Gasteiger partial charge on any atom is -0.339 e. The van der Waals surface area contributed by atoms with Gasteiger partial charge in [-0.05, 0) is 31.0 Å². The molecule has 4 rings (SSSR count). The van der Waals surface area contributed by atoms with Crippen LogP contribution in [0.2, 0.25) is 0 Å². The molecule has 6 nitrogen and oxygen atoms in total. The van der Waals surface area contributed by atoms with E-state index in [1.165, 1.54) is 25.7 Å². The fourth-order valence-electron chi connectivity index (χ4n) is 4.25. The number of carbonyl (C=O) groups excluding carboxylic acids is 3. The van der Waals surface area contributed by atoms with Crippen molar-refractivity contribution in [3.8, 4) is 0 Å². The predicted octanol–water partition coefficient (Wildman–Crippen LogP) is 2.13. The van der Waals surface area contributed by atoms with Gasteiger partial charge in [-0.2, -0.15) is 0 Å². The number of piperazine rings is 1. The molecule has 0 atom stereocenters. The summed E-state index contributed by atoms with van der Waals surface area (Å²) in [6, 6.07) is 5.67. The first kappa shape index (κ1) is 17.7. The van der Waals surface area contributed by atoms with E-state index >= 15 is 0 Å². The molecule has 3 amide bonds. The van der Waals surface area contributed by atoms with E-state index in [-0.39, 0.29) is 24.3 Å². The Morgan fingerprint density at radius 1 is 1.00 bits per heavy atom. The van der Waals surface area contributed by atoms with Gasteiger partial charge in [0.05, 0.1) is 11.1 Å². The van der Waals surface area contributed by atoms with Crippen molar-refractivity contribution in [2.45, 2.75) is 31.7 Å². The van der Waals surface area contributed by atoms with Crippen molar-refractivity contribution in [1.82, 2.24) is 14.7 Å². The molecule has 0 aromatic heterocycles. The van der Waals surface area contributed by atoms with E-state index in [4.69, 9.17) is 0 Å². The van der Waals surface area contributed by atoms with Gasteiger partial charge in [0.2, 0.25) is 5.91 Å². The second kappa shape index (κ2) is 7.12. The Labute approximate surface area is 161 Å². The van der Waals surface area contributed by atoms with E-state index in [2.05, 4.69) is 20.8 Å². The Kier molecular flexibility index (Phi) is 4.84. The SMILES string of the molecule is O=C(CN1C(=O)c2ccc(Br)cc2C1=O)N1CCN(C2CCCC2)CC1. The third-order valence-electron chi connectivity index (χ3n) is 5.73. The smallest absolute Gasteiger partial charge is 0.262 e. The summed E-state index contributed by atoms with van der Waals surface area (Å²) in [5.41, 5.74) is 0.736. The summed E-state index contributed by atoms with van der Waals surface area (Å²) in [7, 11) is 0. The predicted molar refractivity (Wildman–Crippen MR) is 99.9 cm³/mol. The largest absolute Gasteiger partial charge is 0.339 e. The molecule has 1 aliphatic carbocycles. The van der Waals surface area contributed by atoms with Crippen molar-refractivity contribution in [3.63, 3.8) is 0 Å². The van der Waals surface area contributed by atoms with Crippen molar-refractivity contribution >= 4 is 33.7 Å². The van der Waals surface area contributed by atoms with Crippen molar-refractivity contribution in [3.05, 3.63) is 33.8 Å². The van der Waals surface area contributed by atoms with Gasteiger partial charge in [-0.1, -0.05) is 28.8 Å². The van der Waals surface area contributed by atoms with Gasteiger partial charge >= 0.3 is 0 Å². The lowest BCUT2D eigenvalue weighted by molar-refractivity contribution is -0.133. The average Bonchev–Trinajstić information content (AvgIpc) is 3.26. The fraction of sp³-hybridized carbons (Fsp3) is 0.526. The maximum Gasteiger partial charge on any atom is 0.262 e. The monoisotopic (exact) mass is 419 g/mol. The first-order valence-corrected chi connectivity index (χ1v) is 10.0. The van der Waals surface area contributed by atoms with Crippen LogP contribution in [0.5, 0.6) is 0 Å². The molecule has 1 saturated heterocycles. The zero-order valence-electron chi connectivity index (χ0n) is 14.6. The van der Waals surface area contributed by atoms with Gasteiger partial charge in [0, 0.05) is 36.7 Å². The van der Waals surface area contributed by atoms with Crippen LogP contribution in [-0.4, -0.2) is 71.2 Å². The number of halogens is 1. The lowest BCUT2D eigenvalue weighted by Gasteiger charge is -2.38. The summed E-state index contributed by atoms with van der Waals surface area (Å²) in [5, 5.41) is 0. The molecule has 2 heterocycles. The van der Waals surface area contributed by atoms with E-state index in [1.54, 1.807) is 23.1 Å². The number of imide groups is 1. The number of hydrogen-bond donors (Lipinski definition) is 0. The Balaban J connectivity index is 1.37. The van der Waals surface area contributed by atoms with Crippen LogP contribution >= 0.6 is 15.9 Å². The van der Waals surface area contributed by atoms with E-state index in [0.717, 1.165) is 22.5 Å². The lowest BCUT2D eigenvalue weighted by Crippen LogP contribution is -2.53. The summed E-state index contributed by atoms with van der Waals surface area (Å²) in [6.07, 6.45) is 5.14. The highest BCUT2D eigenvalue weighted by Gasteiger charge is 2.38. The first-order chi connectivity index (χ1) is 12.5.